The summed E-state index contributed by atoms with van der Waals surface area (Å²) >= 11 is 0. The van der Waals surface area contributed by atoms with Crippen molar-refractivity contribution in [2.45, 2.75) is 38.9 Å². The van der Waals surface area contributed by atoms with Crippen molar-refractivity contribution in [1.82, 2.24) is 5.32 Å². The van der Waals surface area contributed by atoms with Crippen molar-refractivity contribution in [1.29, 1.82) is 0 Å². The average molecular weight is 277 g/mol. The second kappa shape index (κ2) is 6.37. The zero-order valence-corrected chi connectivity index (χ0v) is 11.3. The lowest BCUT2D eigenvalue weighted by atomic mass is 9.93. The molecule has 0 saturated heterocycles. The van der Waals surface area contributed by atoms with Crippen LogP contribution in [0, 0.1) is 11.7 Å². The third-order valence-corrected chi connectivity index (χ3v) is 3.38. The van der Waals surface area contributed by atoms with Crippen LogP contribution in [-0.4, -0.2) is 7.05 Å². The van der Waals surface area contributed by atoms with Crippen LogP contribution in [0.15, 0.2) is 18.2 Å². The minimum atomic E-state index is -4.45. The number of nitrogens with one attached hydrogen (secondary N) is 1. The standard InChI is InChI=1S/C14H19F4N/c1-4-9(2)7-13(19-3)11-8-10(14(16,17)18)5-6-12(11)15/h5-6,8-9,13,19H,4,7H2,1-3H3. The highest BCUT2D eigenvalue weighted by Crippen LogP contribution is 2.33. The Balaban J connectivity index is 3.09. The minimum Gasteiger partial charge on any atom is -0.313 e. The topological polar surface area (TPSA) is 12.0 Å². The van der Waals surface area contributed by atoms with Gasteiger partial charge in [0.05, 0.1) is 5.56 Å². The Morgan fingerprint density at radius 1 is 1.26 bits per heavy atom. The molecule has 0 aliphatic carbocycles. The molecular weight excluding hydrogens is 258 g/mol. The second-order valence-electron chi connectivity index (χ2n) is 4.82. The second-order valence-corrected chi connectivity index (χ2v) is 4.82. The molecule has 0 spiro atoms. The van der Waals surface area contributed by atoms with Gasteiger partial charge in [-0.15, -0.1) is 0 Å². The van der Waals surface area contributed by atoms with E-state index >= 15 is 0 Å². The fourth-order valence-corrected chi connectivity index (χ4v) is 1.96. The van der Waals surface area contributed by atoms with Crippen molar-refractivity contribution in [3.8, 4) is 0 Å². The molecule has 0 aliphatic heterocycles. The Morgan fingerprint density at radius 3 is 2.37 bits per heavy atom. The number of rotatable bonds is 5. The summed E-state index contributed by atoms with van der Waals surface area (Å²) in [5, 5.41) is 2.90. The van der Waals surface area contributed by atoms with Crippen LogP contribution in [0.25, 0.3) is 0 Å². The molecule has 0 radical (unpaired) electrons. The van der Waals surface area contributed by atoms with E-state index in [1.54, 1.807) is 7.05 Å². The Kier molecular flexibility index (Phi) is 5.35. The van der Waals surface area contributed by atoms with Crippen LogP contribution < -0.4 is 5.32 Å². The van der Waals surface area contributed by atoms with Gasteiger partial charge in [-0.1, -0.05) is 20.3 Å². The molecule has 1 aromatic rings. The average Bonchev–Trinajstić information content (AvgIpc) is 2.35. The molecule has 0 heterocycles. The number of halogens is 4. The summed E-state index contributed by atoms with van der Waals surface area (Å²) in [4.78, 5) is 0. The quantitative estimate of drug-likeness (QED) is 0.779. The fourth-order valence-electron chi connectivity index (χ4n) is 1.96. The molecule has 1 rings (SSSR count). The molecule has 0 bridgehead atoms. The van der Waals surface area contributed by atoms with E-state index in [1.165, 1.54) is 0 Å². The molecule has 0 aromatic heterocycles. The van der Waals surface area contributed by atoms with E-state index in [4.69, 9.17) is 0 Å². The van der Waals surface area contributed by atoms with Gasteiger partial charge in [0.2, 0.25) is 0 Å². The maximum Gasteiger partial charge on any atom is 0.416 e. The van der Waals surface area contributed by atoms with E-state index in [1.807, 2.05) is 13.8 Å². The first-order chi connectivity index (χ1) is 8.79. The summed E-state index contributed by atoms with van der Waals surface area (Å²) in [7, 11) is 1.63. The Hall–Kier alpha value is -1.10. The lowest BCUT2D eigenvalue weighted by Crippen LogP contribution is -2.21. The molecule has 5 heteroatoms. The zero-order valence-electron chi connectivity index (χ0n) is 11.3. The highest BCUT2D eigenvalue weighted by Gasteiger charge is 2.32. The summed E-state index contributed by atoms with van der Waals surface area (Å²) < 4.78 is 51.7. The Labute approximate surface area is 111 Å². The molecule has 2 atom stereocenters. The highest BCUT2D eigenvalue weighted by atomic mass is 19.4. The summed E-state index contributed by atoms with van der Waals surface area (Å²) in [6.45, 7) is 4.00. The monoisotopic (exact) mass is 277 g/mol. The molecule has 108 valence electrons. The van der Waals surface area contributed by atoms with Crippen LogP contribution in [-0.2, 0) is 6.18 Å². The van der Waals surface area contributed by atoms with Gasteiger partial charge in [-0.3, -0.25) is 0 Å². The molecular formula is C14H19F4N. The summed E-state index contributed by atoms with van der Waals surface area (Å²) in [5.74, 6) is -0.290. The number of alkyl halides is 3. The summed E-state index contributed by atoms with van der Waals surface area (Å²) in [6, 6.07) is 2.16. The predicted octanol–water partition coefficient (Wildman–Crippen LogP) is 4.54. The van der Waals surface area contributed by atoms with Crippen LogP contribution in [0.4, 0.5) is 17.6 Å². The van der Waals surface area contributed by atoms with Crippen molar-refractivity contribution >= 4 is 0 Å². The molecule has 1 nitrogen and oxygen atoms in total. The molecule has 19 heavy (non-hydrogen) atoms. The van der Waals surface area contributed by atoms with E-state index in [9.17, 15) is 17.6 Å². The fraction of sp³-hybridized carbons (Fsp3) is 0.571. The van der Waals surface area contributed by atoms with Gasteiger partial charge in [0, 0.05) is 11.6 Å². The van der Waals surface area contributed by atoms with Crippen LogP contribution in [0.5, 0.6) is 0 Å². The third kappa shape index (κ3) is 4.20. The van der Waals surface area contributed by atoms with Crippen molar-refractivity contribution < 1.29 is 17.6 Å². The van der Waals surface area contributed by atoms with Crippen LogP contribution >= 0.6 is 0 Å². The van der Waals surface area contributed by atoms with E-state index in [-0.39, 0.29) is 5.56 Å². The van der Waals surface area contributed by atoms with E-state index < -0.39 is 23.6 Å². The molecule has 0 amide bonds. The van der Waals surface area contributed by atoms with Crippen LogP contribution in [0.2, 0.25) is 0 Å². The Bertz CT molecular complexity index is 414. The molecule has 2 unspecified atom stereocenters. The van der Waals surface area contributed by atoms with Crippen LogP contribution in [0.3, 0.4) is 0 Å². The molecule has 1 N–H and O–H groups in total. The minimum absolute atomic E-state index is 0.0811. The lowest BCUT2D eigenvalue weighted by Gasteiger charge is -2.21. The van der Waals surface area contributed by atoms with Gasteiger partial charge >= 0.3 is 6.18 Å². The Morgan fingerprint density at radius 2 is 1.89 bits per heavy atom. The number of benzene rings is 1. The zero-order chi connectivity index (χ0) is 14.6. The first-order valence-corrected chi connectivity index (χ1v) is 6.33. The SMILES string of the molecule is CCC(C)CC(NC)c1cc(C(F)(F)F)ccc1F. The van der Waals surface area contributed by atoms with Gasteiger partial charge in [0.25, 0.3) is 0 Å². The highest BCUT2D eigenvalue weighted by molar-refractivity contribution is 5.29. The molecule has 0 saturated carbocycles. The summed E-state index contributed by atoms with van der Waals surface area (Å²) in [5.41, 5.74) is -0.731. The van der Waals surface area contributed by atoms with E-state index in [0.717, 1.165) is 24.6 Å². The van der Waals surface area contributed by atoms with Gasteiger partial charge in [0.15, 0.2) is 0 Å². The smallest absolute Gasteiger partial charge is 0.313 e. The maximum absolute atomic E-state index is 13.7. The molecule has 0 fully saturated rings. The van der Waals surface area contributed by atoms with Crippen LogP contribution in [0.1, 0.15) is 43.9 Å². The van der Waals surface area contributed by atoms with Gasteiger partial charge < -0.3 is 5.32 Å². The largest absolute Gasteiger partial charge is 0.416 e. The lowest BCUT2D eigenvalue weighted by molar-refractivity contribution is -0.137. The molecule has 1 aromatic carbocycles. The van der Waals surface area contributed by atoms with Gasteiger partial charge in [-0.2, -0.15) is 13.2 Å². The van der Waals surface area contributed by atoms with Gasteiger partial charge in [-0.05, 0) is 37.6 Å². The normalized spacial score (nSPS) is 15.3. The van der Waals surface area contributed by atoms with E-state index in [0.29, 0.717) is 12.3 Å². The number of hydrogen-bond acceptors (Lipinski definition) is 1. The predicted molar refractivity (Wildman–Crippen MR) is 67.3 cm³/mol. The van der Waals surface area contributed by atoms with Gasteiger partial charge in [-0.25, -0.2) is 4.39 Å². The number of hydrogen-bond donors (Lipinski definition) is 1. The maximum atomic E-state index is 13.7. The first kappa shape index (κ1) is 16.0. The van der Waals surface area contributed by atoms with Crippen molar-refractivity contribution in [3.05, 3.63) is 35.1 Å². The molecule has 0 aliphatic rings. The third-order valence-electron chi connectivity index (χ3n) is 3.38. The van der Waals surface area contributed by atoms with E-state index in [2.05, 4.69) is 5.32 Å². The van der Waals surface area contributed by atoms with Crippen molar-refractivity contribution in [2.24, 2.45) is 5.92 Å². The van der Waals surface area contributed by atoms with Crippen molar-refractivity contribution in [2.75, 3.05) is 7.05 Å². The van der Waals surface area contributed by atoms with Crippen molar-refractivity contribution in [3.63, 3.8) is 0 Å². The van der Waals surface area contributed by atoms with Gasteiger partial charge in [0.1, 0.15) is 5.82 Å². The first-order valence-electron chi connectivity index (χ1n) is 6.33. The summed E-state index contributed by atoms with van der Waals surface area (Å²) in [6.07, 6.45) is -2.94.